The highest BCUT2D eigenvalue weighted by atomic mass is 32.1. The third-order valence-corrected chi connectivity index (χ3v) is 5.16. The minimum Gasteiger partial charge on any atom is -0.446 e. The molecule has 6 nitrogen and oxygen atoms in total. The fourth-order valence-electron chi connectivity index (χ4n) is 3.55. The van der Waals surface area contributed by atoms with E-state index in [1.165, 1.54) is 0 Å². The van der Waals surface area contributed by atoms with Crippen LogP contribution in [0.15, 0.2) is 60.7 Å². The molecule has 4 rings (SSSR count). The monoisotopic (exact) mass is 416 g/mol. The van der Waals surface area contributed by atoms with Crippen LogP contribution in [-0.4, -0.2) is 49.7 Å². The van der Waals surface area contributed by atoms with Gasteiger partial charge in [-0.2, -0.15) is 0 Å². The lowest BCUT2D eigenvalue weighted by Gasteiger charge is -2.40. The van der Waals surface area contributed by atoms with Gasteiger partial charge >= 0.3 is 5.24 Å². The van der Waals surface area contributed by atoms with Crippen LogP contribution in [0.2, 0.25) is 0 Å². The quantitative estimate of drug-likeness (QED) is 0.613. The van der Waals surface area contributed by atoms with Gasteiger partial charge in [0, 0.05) is 19.3 Å². The van der Waals surface area contributed by atoms with E-state index in [4.69, 9.17) is 40.6 Å². The van der Waals surface area contributed by atoms with Gasteiger partial charge in [-0.05, 0) is 11.1 Å². The zero-order valence-electron chi connectivity index (χ0n) is 16.1. The van der Waals surface area contributed by atoms with E-state index in [0.29, 0.717) is 19.8 Å². The highest BCUT2D eigenvalue weighted by Gasteiger charge is 2.54. The Labute approximate surface area is 175 Å². The van der Waals surface area contributed by atoms with Crippen molar-refractivity contribution in [2.75, 3.05) is 13.7 Å². The Balaban J connectivity index is 1.45. The first-order valence-electron chi connectivity index (χ1n) is 9.57. The molecule has 0 spiro atoms. The number of ether oxygens (including phenoxy) is 6. The lowest BCUT2D eigenvalue weighted by molar-refractivity contribution is -0.282. The number of fused-ring (bicyclic) bond motifs is 1. The van der Waals surface area contributed by atoms with E-state index in [0.717, 1.165) is 11.1 Å². The van der Waals surface area contributed by atoms with E-state index in [2.05, 4.69) is 0 Å². The molecule has 2 aromatic carbocycles. The maximum absolute atomic E-state index is 6.21. The summed E-state index contributed by atoms with van der Waals surface area (Å²) in [6.07, 6.45) is -2.31. The maximum Gasteiger partial charge on any atom is 0.353 e. The number of benzene rings is 2. The number of hydrogen-bond acceptors (Lipinski definition) is 7. The lowest BCUT2D eigenvalue weighted by atomic mass is 9.99. The SMILES string of the molecule is CO[C@H]1O[C@H](COCc2ccccc2)[C@@H](OCc2ccccc2)[C@@H]2OC(=S)O[C@H]12. The molecule has 29 heavy (non-hydrogen) atoms. The van der Waals surface area contributed by atoms with Gasteiger partial charge in [0.1, 0.15) is 12.2 Å². The van der Waals surface area contributed by atoms with Crippen LogP contribution in [0, 0.1) is 0 Å². The number of rotatable bonds is 8. The molecule has 0 saturated carbocycles. The van der Waals surface area contributed by atoms with Crippen molar-refractivity contribution in [1.82, 2.24) is 0 Å². The summed E-state index contributed by atoms with van der Waals surface area (Å²) in [5.41, 5.74) is 2.15. The second kappa shape index (κ2) is 9.65. The van der Waals surface area contributed by atoms with E-state index in [1.54, 1.807) is 7.11 Å². The largest absolute Gasteiger partial charge is 0.446 e. The number of methoxy groups -OCH3 is 1. The normalized spacial score (nSPS) is 28.4. The highest BCUT2D eigenvalue weighted by molar-refractivity contribution is 7.79. The van der Waals surface area contributed by atoms with Crippen molar-refractivity contribution in [3.05, 3.63) is 71.8 Å². The Morgan fingerprint density at radius 3 is 2.14 bits per heavy atom. The van der Waals surface area contributed by atoms with Crippen LogP contribution in [-0.2, 0) is 41.6 Å². The van der Waals surface area contributed by atoms with Gasteiger partial charge in [0.15, 0.2) is 18.5 Å². The van der Waals surface area contributed by atoms with Crippen LogP contribution < -0.4 is 0 Å². The second-order valence-corrected chi connectivity index (χ2v) is 7.29. The molecule has 2 fully saturated rings. The molecular formula is C22H24O6S. The molecule has 2 aliphatic rings. The summed E-state index contributed by atoms with van der Waals surface area (Å²) in [4.78, 5) is 0. The summed E-state index contributed by atoms with van der Waals surface area (Å²) in [5.74, 6) is 0. The van der Waals surface area contributed by atoms with Gasteiger partial charge < -0.3 is 28.4 Å². The summed E-state index contributed by atoms with van der Waals surface area (Å²) >= 11 is 5.11. The van der Waals surface area contributed by atoms with Gasteiger partial charge in [0.05, 0.1) is 19.8 Å². The van der Waals surface area contributed by atoms with E-state index in [1.807, 2.05) is 60.7 Å². The second-order valence-electron chi connectivity index (χ2n) is 6.96. The van der Waals surface area contributed by atoms with E-state index < -0.39 is 30.7 Å². The van der Waals surface area contributed by atoms with Crippen LogP contribution in [0.1, 0.15) is 11.1 Å². The van der Waals surface area contributed by atoms with Crippen LogP contribution in [0.4, 0.5) is 0 Å². The van der Waals surface area contributed by atoms with Crippen molar-refractivity contribution in [2.45, 2.75) is 43.9 Å². The molecule has 0 unspecified atom stereocenters. The predicted molar refractivity (Wildman–Crippen MR) is 109 cm³/mol. The molecule has 0 radical (unpaired) electrons. The molecular weight excluding hydrogens is 392 g/mol. The molecule has 0 aliphatic carbocycles. The minimum atomic E-state index is -0.609. The van der Waals surface area contributed by atoms with Gasteiger partial charge in [0.2, 0.25) is 0 Å². The molecule has 7 heteroatoms. The van der Waals surface area contributed by atoms with Gasteiger partial charge in [-0.15, -0.1) is 0 Å². The molecule has 5 atom stereocenters. The Kier molecular flexibility index (Phi) is 6.74. The Morgan fingerprint density at radius 1 is 0.862 bits per heavy atom. The topological polar surface area (TPSA) is 55.4 Å². The van der Waals surface area contributed by atoms with Crippen LogP contribution >= 0.6 is 12.2 Å². The minimum absolute atomic E-state index is 0.0878. The van der Waals surface area contributed by atoms with Crippen molar-refractivity contribution < 1.29 is 28.4 Å². The molecule has 2 heterocycles. The smallest absolute Gasteiger partial charge is 0.353 e. The van der Waals surface area contributed by atoms with E-state index >= 15 is 0 Å². The van der Waals surface area contributed by atoms with E-state index in [-0.39, 0.29) is 5.24 Å². The van der Waals surface area contributed by atoms with Crippen molar-refractivity contribution in [1.29, 1.82) is 0 Å². The number of thiocarbonyl (C=S) groups is 1. The molecule has 2 aliphatic heterocycles. The third kappa shape index (κ3) is 4.94. The van der Waals surface area contributed by atoms with Gasteiger partial charge in [-0.1, -0.05) is 60.7 Å². The average Bonchev–Trinajstić information content (AvgIpc) is 3.15. The fourth-order valence-corrected chi connectivity index (χ4v) is 3.77. The summed E-state index contributed by atoms with van der Waals surface area (Å²) < 4.78 is 35.1. The maximum atomic E-state index is 6.21. The average molecular weight is 416 g/mol. The molecule has 0 bridgehead atoms. The van der Waals surface area contributed by atoms with Crippen molar-refractivity contribution in [3.63, 3.8) is 0 Å². The van der Waals surface area contributed by atoms with Gasteiger partial charge in [0.25, 0.3) is 0 Å². The van der Waals surface area contributed by atoms with Crippen molar-refractivity contribution in [2.24, 2.45) is 0 Å². The fraction of sp³-hybridized carbons (Fsp3) is 0.409. The van der Waals surface area contributed by atoms with E-state index in [9.17, 15) is 0 Å². The highest BCUT2D eigenvalue weighted by Crippen LogP contribution is 2.33. The predicted octanol–water partition coefficient (Wildman–Crippen LogP) is 3.23. The van der Waals surface area contributed by atoms with Crippen molar-refractivity contribution in [3.8, 4) is 0 Å². The Hall–Kier alpha value is -2.03. The third-order valence-electron chi connectivity index (χ3n) is 4.97. The summed E-state index contributed by atoms with van der Waals surface area (Å²) in [6.45, 7) is 1.22. The molecule has 154 valence electrons. The molecule has 2 saturated heterocycles. The molecule has 0 N–H and O–H groups in total. The Morgan fingerprint density at radius 2 is 1.48 bits per heavy atom. The standard InChI is InChI=1S/C22H24O6S/c1-23-21-20-19(27-22(29)28-20)18(25-13-16-10-6-3-7-11-16)17(26-21)14-24-12-15-8-4-2-5-9-15/h2-11,17-21H,12-14H2,1H3/t17-,18-,19+,20+,21+/m1/s1. The Bertz CT molecular complexity index is 786. The molecule has 0 aromatic heterocycles. The van der Waals surface area contributed by atoms with Crippen molar-refractivity contribution >= 4 is 17.5 Å². The first-order chi connectivity index (χ1) is 14.2. The van der Waals surface area contributed by atoms with Crippen LogP contribution in [0.25, 0.3) is 0 Å². The summed E-state index contributed by atoms with van der Waals surface area (Å²) in [7, 11) is 1.57. The summed E-state index contributed by atoms with van der Waals surface area (Å²) in [5, 5.41) is 0.0878. The van der Waals surface area contributed by atoms with Crippen LogP contribution in [0.5, 0.6) is 0 Å². The summed E-state index contributed by atoms with van der Waals surface area (Å²) in [6, 6.07) is 19.9. The molecule has 0 amide bonds. The molecule has 2 aromatic rings. The zero-order valence-corrected chi connectivity index (χ0v) is 17.0. The first-order valence-corrected chi connectivity index (χ1v) is 9.98. The first kappa shape index (κ1) is 20.3. The van der Waals surface area contributed by atoms with Gasteiger partial charge in [-0.3, -0.25) is 0 Å². The number of hydrogen-bond donors (Lipinski definition) is 0. The zero-order chi connectivity index (χ0) is 20.1. The van der Waals surface area contributed by atoms with Gasteiger partial charge in [-0.25, -0.2) is 0 Å². The lowest BCUT2D eigenvalue weighted by Crippen LogP contribution is -2.58. The van der Waals surface area contributed by atoms with Crippen LogP contribution in [0.3, 0.4) is 0 Å².